The fraction of sp³-hybridized carbons (Fsp3) is 0.733. The Morgan fingerprint density at radius 1 is 1.32 bits per heavy atom. The topological polar surface area (TPSA) is 37.6 Å². The molecule has 0 aliphatic carbocycles. The summed E-state index contributed by atoms with van der Waals surface area (Å²) in [6.07, 6.45) is 2.13. The monoisotopic (exact) mass is 268 g/mol. The molecule has 0 aliphatic rings. The Morgan fingerprint density at radius 2 is 2.05 bits per heavy atom. The molecule has 0 saturated heterocycles. The molecule has 1 aromatic rings. The Labute approximate surface area is 117 Å². The Morgan fingerprint density at radius 3 is 2.68 bits per heavy atom. The number of likely N-dealkylation sites (N-methyl/N-ethyl adjacent to an activating group) is 1. The van der Waals surface area contributed by atoms with Crippen LogP contribution in [0.1, 0.15) is 39.0 Å². The highest BCUT2D eigenvalue weighted by Crippen LogP contribution is 2.10. The maximum atomic E-state index is 5.57. The van der Waals surface area contributed by atoms with Crippen LogP contribution < -0.4 is 5.32 Å². The number of furan rings is 1. The maximum Gasteiger partial charge on any atom is 0.118 e. The Kier molecular flexibility index (Phi) is 7.13. The van der Waals surface area contributed by atoms with Crippen molar-refractivity contribution in [3.63, 3.8) is 0 Å². The van der Waals surface area contributed by atoms with E-state index in [1.165, 1.54) is 5.56 Å². The molecule has 4 heteroatoms. The highest BCUT2D eigenvalue weighted by molar-refractivity contribution is 5.12. The quantitative estimate of drug-likeness (QED) is 0.747. The summed E-state index contributed by atoms with van der Waals surface area (Å²) >= 11 is 0. The molecule has 19 heavy (non-hydrogen) atoms. The van der Waals surface area contributed by atoms with E-state index in [1.54, 1.807) is 0 Å². The fourth-order valence-corrected chi connectivity index (χ4v) is 1.71. The second-order valence-electron chi connectivity index (χ2n) is 5.61. The summed E-state index contributed by atoms with van der Waals surface area (Å²) in [5, 5.41) is 3.38. The van der Waals surface area contributed by atoms with E-state index in [9.17, 15) is 0 Å². The van der Waals surface area contributed by atoms with Crippen molar-refractivity contribution < 1.29 is 9.15 Å². The first-order valence-electron chi connectivity index (χ1n) is 7.07. The molecule has 0 amide bonds. The highest BCUT2D eigenvalue weighted by atomic mass is 16.5. The maximum absolute atomic E-state index is 5.57. The van der Waals surface area contributed by atoms with E-state index in [4.69, 9.17) is 9.15 Å². The van der Waals surface area contributed by atoms with Gasteiger partial charge in [0.05, 0.1) is 25.5 Å². The average Bonchev–Trinajstić information content (AvgIpc) is 2.73. The van der Waals surface area contributed by atoms with Crippen molar-refractivity contribution in [2.75, 3.05) is 20.2 Å². The van der Waals surface area contributed by atoms with Gasteiger partial charge in [-0.25, -0.2) is 0 Å². The third-order valence-corrected chi connectivity index (χ3v) is 2.77. The van der Waals surface area contributed by atoms with Crippen molar-refractivity contribution in [1.82, 2.24) is 10.2 Å². The molecule has 0 saturated carbocycles. The number of nitrogens with one attached hydrogen (secondary N) is 1. The second kappa shape index (κ2) is 8.35. The summed E-state index contributed by atoms with van der Waals surface area (Å²) < 4.78 is 11.1. The van der Waals surface area contributed by atoms with Crippen LogP contribution in [0.3, 0.4) is 0 Å². The largest absolute Gasteiger partial charge is 0.468 e. The summed E-state index contributed by atoms with van der Waals surface area (Å²) in [5.41, 5.74) is 1.20. The molecule has 0 unspecified atom stereocenters. The lowest BCUT2D eigenvalue weighted by Gasteiger charge is -2.16. The Balaban J connectivity index is 2.28. The van der Waals surface area contributed by atoms with Gasteiger partial charge < -0.3 is 14.5 Å². The molecule has 0 aliphatic heterocycles. The molecule has 1 N–H and O–H groups in total. The van der Waals surface area contributed by atoms with Gasteiger partial charge in [0.25, 0.3) is 0 Å². The summed E-state index contributed by atoms with van der Waals surface area (Å²) in [4.78, 5) is 2.21. The van der Waals surface area contributed by atoms with Crippen molar-refractivity contribution >= 4 is 0 Å². The lowest BCUT2D eigenvalue weighted by atomic mass is 10.3. The minimum Gasteiger partial charge on any atom is -0.468 e. The van der Waals surface area contributed by atoms with Crippen LogP contribution in [0.4, 0.5) is 0 Å². The highest BCUT2D eigenvalue weighted by Gasteiger charge is 2.06. The zero-order valence-electron chi connectivity index (χ0n) is 12.9. The number of hydrogen-bond donors (Lipinski definition) is 1. The van der Waals surface area contributed by atoms with Crippen molar-refractivity contribution in [2.45, 2.75) is 52.9 Å². The number of hydrogen-bond acceptors (Lipinski definition) is 4. The predicted octanol–water partition coefficient (Wildman–Crippen LogP) is 2.63. The lowest BCUT2D eigenvalue weighted by molar-refractivity contribution is 0.0616. The molecule has 1 aromatic heterocycles. The van der Waals surface area contributed by atoms with Gasteiger partial charge in [-0.05, 0) is 27.0 Å². The normalized spacial score (nSPS) is 12.0. The molecule has 0 aromatic carbocycles. The predicted molar refractivity (Wildman–Crippen MR) is 78.1 cm³/mol. The van der Waals surface area contributed by atoms with Gasteiger partial charge >= 0.3 is 0 Å². The molecular formula is C15H28N2O2. The number of rotatable bonds is 9. The van der Waals surface area contributed by atoms with Crippen molar-refractivity contribution in [2.24, 2.45) is 0 Å². The van der Waals surface area contributed by atoms with Crippen LogP contribution in [0.2, 0.25) is 0 Å². The van der Waals surface area contributed by atoms with E-state index in [0.717, 1.165) is 32.0 Å². The van der Waals surface area contributed by atoms with E-state index in [0.29, 0.717) is 12.1 Å². The molecule has 0 bridgehead atoms. The third kappa shape index (κ3) is 7.35. The van der Waals surface area contributed by atoms with E-state index in [-0.39, 0.29) is 0 Å². The smallest absolute Gasteiger partial charge is 0.118 e. The van der Waals surface area contributed by atoms with Gasteiger partial charge in [-0.1, -0.05) is 13.8 Å². The third-order valence-electron chi connectivity index (χ3n) is 2.77. The molecule has 110 valence electrons. The molecule has 0 spiro atoms. The van der Waals surface area contributed by atoms with E-state index < -0.39 is 0 Å². The van der Waals surface area contributed by atoms with Crippen LogP contribution in [0, 0.1) is 0 Å². The van der Waals surface area contributed by atoms with Gasteiger partial charge in [0.2, 0.25) is 0 Å². The first kappa shape index (κ1) is 16.2. The van der Waals surface area contributed by atoms with E-state index >= 15 is 0 Å². The van der Waals surface area contributed by atoms with Crippen molar-refractivity contribution in [3.05, 3.63) is 23.7 Å². The van der Waals surface area contributed by atoms with Gasteiger partial charge in [0, 0.05) is 24.7 Å². The van der Waals surface area contributed by atoms with Crippen LogP contribution >= 0.6 is 0 Å². The molecule has 0 fully saturated rings. The fourth-order valence-electron chi connectivity index (χ4n) is 1.71. The standard InChI is InChI=1S/C15H28N2O2/c1-12(2)16-9-14-8-15(19-11-14)10-17(5)6-7-18-13(3)4/h8,11-13,16H,6-7,9-10H2,1-5H3. The first-order chi connectivity index (χ1) is 8.97. The minimum atomic E-state index is 0.297. The van der Waals surface area contributed by atoms with Gasteiger partial charge in [0.15, 0.2) is 0 Å². The van der Waals surface area contributed by atoms with Crippen molar-refractivity contribution in [1.29, 1.82) is 0 Å². The summed E-state index contributed by atoms with van der Waals surface area (Å²) in [5.74, 6) is 1.01. The zero-order chi connectivity index (χ0) is 14.3. The SMILES string of the molecule is CC(C)NCc1coc(CN(C)CCOC(C)C)c1. The van der Waals surface area contributed by atoms with Crippen LogP contribution in [0.15, 0.2) is 16.7 Å². The van der Waals surface area contributed by atoms with Crippen LogP contribution in [0.5, 0.6) is 0 Å². The summed E-state index contributed by atoms with van der Waals surface area (Å²) in [7, 11) is 2.08. The van der Waals surface area contributed by atoms with E-state index in [1.807, 2.05) is 6.26 Å². The molecule has 0 atom stereocenters. The molecular weight excluding hydrogens is 240 g/mol. The molecule has 4 nitrogen and oxygen atoms in total. The molecule has 0 radical (unpaired) electrons. The summed E-state index contributed by atoms with van der Waals surface area (Å²) in [6.45, 7) is 11.8. The Bertz CT molecular complexity index is 348. The second-order valence-corrected chi connectivity index (χ2v) is 5.61. The first-order valence-corrected chi connectivity index (χ1v) is 7.07. The van der Waals surface area contributed by atoms with Crippen LogP contribution in [-0.2, 0) is 17.8 Å². The molecule has 1 rings (SSSR count). The molecule has 1 heterocycles. The number of nitrogens with zero attached hydrogens (tertiary/aromatic N) is 1. The number of ether oxygens (including phenoxy) is 1. The van der Waals surface area contributed by atoms with Crippen LogP contribution in [-0.4, -0.2) is 37.2 Å². The Hall–Kier alpha value is -0.840. The van der Waals surface area contributed by atoms with Gasteiger partial charge in [0.1, 0.15) is 5.76 Å². The van der Waals surface area contributed by atoms with E-state index in [2.05, 4.69) is 51.0 Å². The van der Waals surface area contributed by atoms with Crippen LogP contribution in [0.25, 0.3) is 0 Å². The van der Waals surface area contributed by atoms with Crippen molar-refractivity contribution in [3.8, 4) is 0 Å². The average molecular weight is 268 g/mol. The lowest BCUT2D eigenvalue weighted by Crippen LogP contribution is -2.23. The van der Waals surface area contributed by atoms with Gasteiger partial charge in [-0.3, -0.25) is 4.90 Å². The summed E-state index contributed by atoms with van der Waals surface area (Å²) in [6, 6.07) is 2.61. The zero-order valence-corrected chi connectivity index (χ0v) is 12.9. The van der Waals surface area contributed by atoms with Gasteiger partial charge in [-0.2, -0.15) is 0 Å². The minimum absolute atomic E-state index is 0.297. The van der Waals surface area contributed by atoms with Gasteiger partial charge in [-0.15, -0.1) is 0 Å².